The van der Waals surface area contributed by atoms with Gasteiger partial charge in [0.15, 0.2) is 0 Å². The van der Waals surface area contributed by atoms with Crippen LogP contribution < -0.4 is 4.74 Å². The second-order valence-electron chi connectivity index (χ2n) is 12.3. The van der Waals surface area contributed by atoms with Gasteiger partial charge in [0.05, 0.1) is 17.6 Å². The highest BCUT2D eigenvalue weighted by Crippen LogP contribution is 2.45. The van der Waals surface area contributed by atoms with Gasteiger partial charge < -0.3 is 19.6 Å². The normalized spacial score (nSPS) is 21.1. The third-order valence-corrected chi connectivity index (χ3v) is 10.3. The van der Waals surface area contributed by atoms with Crippen molar-refractivity contribution in [2.24, 2.45) is 0 Å². The number of aromatic nitrogens is 1. The maximum absolute atomic E-state index is 15.2. The number of fused-ring (bicyclic) bond motifs is 1. The second kappa shape index (κ2) is 14.8. The van der Waals surface area contributed by atoms with Crippen LogP contribution >= 0.6 is 22.9 Å². The third-order valence-electron chi connectivity index (χ3n) is 9.11. The number of carboxylic acid groups (broad SMARTS) is 1. The fraction of sp³-hybridized carbons (Fsp3) is 0.471. The van der Waals surface area contributed by atoms with Gasteiger partial charge in [0.25, 0.3) is 11.8 Å². The van der Waals surface area contributed by atoms with E-state index in [1.165, 1.54) is 4.90 Å². The number of carbonyl (C=O) groups excluding carboxylic acids is 2. The van der Waals surface area contributed by atoms with Crippen molar-refractivity contribution in [1.29, 1.82) is 0 Å². The fourth-order valence-corrected chi connectivity index (χ4v) is 7.87. The Kier molecular flexibility index (Phi) is 11.1. The zero-order valence-corrected chi connectivity index (χ0v) is 28.4. The van der Waals surface area contributed by atoms with Crippen LogP contribution in [0.2, 0.25) is 5.02 Å². The van der Waals surface area contributed by atoms with Crippen molar-refractivity contribution in [3.63, 3.8) is 0 Å². The lowest BCUT2D eigenvalue weighted by Crippen LogP contribution is -2.68. The summed E-state index contributed by atoms with van der Waals surface area (Å²) < 4.78 is 89.5. The highest BCUT2D eigenvalue weighted by Gasteiger charge is 2.57. The summed E-state index contributed by atoms with van der Waals surface area (Å²) in [5.41, 5.74) is -2.60. The predicted molar refractivity (Wildman–Crippen MR) is 172 cm³/mol. The van der Waals surface area contributed by atoms with Gasteiger partial charge in [-0.15, -0.1) is 11.3 Å². The summed E-state index contributed by atoms with van der Waals surface area (Å²) >= 11 is 6.62. The summed E-state index contributed by atoms with van der Waals surface area (Å²) in [6.07, 6.45) is -7.61. The molecule has 1 N–H and O–H groups in total. The molecule has 2 amide bonds. The van der Waals surface area contributed by atoms with Crippen LogP contribution in [-0.4, -0.2) is 62.4 Å². The standard InChI is InChI=1S/C34H34ClF6N3O5S/c1-2-6-26-32(49-22-18-27(50-19-22)34(39,40)41,13-5-15-44(26)30(47)29-24(33(36,37)38)7-4-14-42-29)31(48)43-16-12-20-17-21(35)10-11-23(20)25(43)8-3-9-28(45)46/h4,7,10-11,14,17-19,25-26H,2-3,5-6,8-9,12-13,15-16H2,1H3,(H,45,46). The molecule has 3 atom stereocenters. The third kappa shape index (κ3) is 7.73. The number of hydrogen-bond donors (Lipinski definition) is 1. The highest BCUT2D eigenvalue weighted by molar-refractivity contribution is 7.10. The van der Waals surface area contributed by atoms with E-state index in [4.69, 9.17) is 16.3 Å². The van der Waals surface area contributed by atoms with E-state index in [9.17, 15) is 41.0 Å². The zero-order chi connectivity index (χ0) is 36.4. The van der Waals surface area contributed by atoms with E-state index in [0.717, 1.165) is 40.2 Å². The van der Waals surface area contributed by atoms with Crippen LogP contribution in [0.1, 0.15) is 90.0 Å². The van der Waals surface area contributed by atoms with E-state index in [-0.39, 0.29) is 57.4 Å². The maximum atomic E-state index is 15.2. The molecule has 3 aromatic rings. The van der Waals surface area contributed by atoms with Crippen molar-refractivity contribution >= 4 is 40.7 Å². The molecular weight excluding hydrogens is 712 g/mol. The Morgan fingerprint density at radius 3 is 2.48 bits per heavy atom. The molecule has 3 unspecified atom stereocenters. The van der Waals surface area contributed by atoms with Gasteiger partial charge in [0.2, 0.25) is 5.60 Å². The molecule has 2 aromatic heterocycles. The number of hydrogen-bond acceptors (Lipinski definition) is 6. The van der Waals surface area contributed by atoms with Gasteiger partial charge >= 0.3 is 18.3 Å². The molecule has 0 radical (unpaired) electrons. The number of rotatable bonds is 10. The Balaban J connectivity index is 1.64. The van der Waals surface area contributed by atoms with Crippen molar-refractivity contribution in [3.8, 4) is 5.75 Å². The number of amides is 2. The Labute approximate surface area is 293 Å². The lowest BCUT2D eigenvalue weighted by molar-refractivity contribution is -0.162. The van der Waals surface area contributed by atoms with E-state index in [1.807, 2.05) is 0 Å². The molecular formula is C34H34ClF6N3O5S. The van der Waals surface area contributed by atoms with E-state index in [0.29, 0.717) is 34.8 Å². The smallest absolute Gasteiger partial charge is 0.425 e. The Hall–Kier alpha value is -3.85. The summed E-state index contributed by atoms with van der Waals surface area (Å²) in [6.45, 7) is 1.80. The van der Waals surface area contributed by atoms with Gasteiger partial charge in [-0.3, -0.25) is 19.4 Å². The first kappa shape index (κ1) is 37.4. The lowest BCUT2D eigenvalue weighted by Gasteiger charge is -2.51. The average molecular weight is 746 g/mol. The monoisotopic (exact) mass is 745 g/mol. The zero-order valence-electron chi connectivity index (χ0n) is 26.8. The van der Waals surface area contributed by atoms with Crippen LogP contribution in [0.5, 0.6) is 5.75 Å². The van der Waals surface area contributed by atoms with E-state index in [2.05, 4.69) is 4.98 Å². The van der Waals surface area contributed by atoms with Crippen molar-refractivity contribution in [2.45, 2.75) is 88.3 Å². The number of pyridine rings is 1. The Bertz CT molecular complexity index is 1730. The first-order valence-corrected chi connectivity index (χ1v) is 17.3. The largest absolute Gasteiger partial charge is 0.481 e. The van der Waals surface area contributed by atoms with Crippen molar-refractivity contribution < 1.29 is 50.6 Å². The van der Waals surface area contributed by atoms with Crippen LogP contribution in [0, 0.1) is 0 Å². The summed E-state index contributed by atoms with van der Waals surface area (Å²) in [6, 6.07) is 5.80. The highest BCUT2D eigenvalue weighted by atomic mass is 35.5. The molecule has 8 nitrogen and oxygen atoms in total. The Morgan fingerprint density at radius 2 is 1.82 bits per heavy atom. The molecule has 0 saturated carbocycles. The van der Waals surface area contributed by atoms with Gasteiger partial charge in [-0.25, -0.2) is 0 Å². The molecule has 0 spiro atoms. The summed E-state index contributed by atoms with van der Waals surface area (Å²) in [4.78, 5) is 46.1. The molecule has 2 aliphatic heterocycles. The lowest BCUT2D eigenvalue weighted by atomic mass is 9.78. The number of alkyl halides is 6. The number of ether oxygens (including phenoxy) is 1. The number of thiophene rings is 1. The van der Waals surface area contributed by atoms with E-state index in [1.54, 1.807) is 25.1 Å². The molecule has 0 aliphatic carbocycles. The SMILES string of the molecule is CCCC1N(C(=O)c2ncccc2C(F)(F)F)CCCC1(Oc1csc(C(F)(F)F)c1)C(=O)N1CCc2cc(Cl)ccc2C1CCCC(=O)O. The Morgan fingerprint density at radius 1 is 1.06 bits per heavy atom. The molecule has 16 heteroatoms. The number of likely N-dealkylation sites (tertiary alicyclic amines) is 1. The molecule has 1 fully saturated rings. The van der Waals surface area contributed by atoms with Gasteiger partial charge in [-0.1, -0.05) is 31.0 Å². The van der Waals surface area contributed by atoms with Gasteiger partial charge in [0.1, 0.15) is 16.3 Å². The van der Waals surface area contributed by atoms with Crippen LogP contribution in [0.15, 0.2) is 48.0 Å². The molecule has 2 aliphatic rings. The van der Waals surface area contributed by atoms with Crippen molar-refractivity contribution in [3.05, 3.63) is 80.3 Å². The minimum absolute atomic E-state index is 0.0579. The number of carbonyl (C=O) groups is 3. The quantitative estimate of drug-likeness (QED) is 0.209. The van der Waals surface area contributed by atoms with Crippen LogP contribution in [-0.2, 0) is 28.4 Å². The van der Waals surface area contributed by atoms with Gasteiger partial charge in [-0.05, 0) is 67.5 Å². The average Bonchev–Trinajstić information content (AvgIpc) is 3.53. The minimum atomic E-state index is -4.92. The molecule has 1 aromatic carbocycles. The number of aliphatic carboxylic acids is 1. The predicted octanol–water partition coefficient (Wildman–Crippen LogP) is 8.44. The molecule has 50 heavy (non-hydrogen) atoms. The first-order chi connectivity index (χ1) is 23.6. The van der Waals surface area contributed by atoms with Crippen LogP contribution in [0.3, 0.4) is 0 Å². The van der Waals surface area contributed by atoms with Crippen molar-refractivity contribution in [2.75, 3.05) is 13.1 Å². The minimum Gasteiger partial charge on any atom is -0.481 e. The van der Waals surface area contributed by atoms with Crippen LogP contribution in [0.4, 0.5) is 26.3 Å². The molecule has 4 heterocycles. The van der Waals surface area contributed by atoms with Gasteiger partial charge in [-0.2, -0.15) is 26.3 Å². The second-order valence-corrected chi connectivity index (χ2v) is 13.7. The van der Waals surface area contributed by atoms with Gasteiger partial charge in [0, 0.05) is 48.6 Å². The van der Waals surface area contributed by atoms with Crippen molar-refractivity contribution in [1.82, 2.24) is 14.8 Å². The molecule has 0 bridgehead atoms. The van der Waals surface area contributed by atoms with E-state index < -0.39 is 64.0 Å². The van der Waals surface area contributed by atoms with E-state index >= 15 is 4.79 Å². The first-order valence-electron chi connectivity index (χ1n) is 16.1. The summed E-state index contributed by atoms with van der Waals surface area (Å²) in [5, 5.41) is 10.9. The number of benzene rings is 1. The maximum Gasteiger partial charge on any atom is 0.425 e. The fourth-order valence-electron chi connectivity index (χ4n) is 7.00. The molecule has 5 rings (SSSR count). The summed E-state index contributed by atoms with van der Waals surface area (Å²) in [5.74, 6) is -3.06. The number of nitrogens with zero attached hydrogens (tertiary/aromatic N) is 3. The summed E-state index contributed by atoms with van der Waals surface area (Å²) in [7, 11) is 0. The number of carboxylic acids is 1. The molecule has 270 valence electrons. The van der Waals surface area contributed by atoms with Crippen LogP contribution in [0.25, 0.3) is 0 Å². The number of halogens is 7. The topological polar surface area (TPSA) is 100 Å². The molecule has 1 saturated heterocycles. The number of piperidine rings is 1.